The maximum absolute atomic E-state index is 12.4. The van der Waals surface area contributed by atoms with Crippen molar-refractivity contribution in [1.29, 1.82) is 0 Å². The Morgan fingerprint density at radius 2 is 1.96 bits per heavy atom. The summed E-state index contributed by atoms with van der Waals surface area (Å²) in [4.78, 5) is 22.1. The van der Waals surface area contributed by atoms with Gasteiger partial charge in [0.15, 0.2) is 0 Å². The summed E-state index contributed by atoms with van der Waals surface area (Å²) in [5.74, 6) is 2.05. The molecule has 3 N–H and O–H groups in total. The molecule has 27 heavy (non-hydrogen) atoms. The van der Waals surface area contributed by atoms with E-state index in [1.807, 2.05) is 43.5 Å². The topological polar surface area (TPSA) is 96.8 Å². The molecule has 0 spiro atoms. The molecule has 0 bridgehead atoms. The number of hydrogen-bond acceptors (Lipinski definition) is 7. The molecule has 0 aliphatic carbocycles. The van der Waals surface area contributed by atoms with Crippen molar-refractivity contribution in [2.24, 2.45) is 7.05 Å². The van der Waals surface area contributed by atoms with Gasteiger partial charge in [-0.25, -0.2) is 9.97 Å². The molecule has 0 saturated carbocycles. The Labute approximate surface area is 162 Å². The van der Waals surface area contributed by atoms with E-state index in [9.17, 15) is 4.79 Å². The van der Waals surface area contributed by atoms with Gasteiger partial charge >= 0.3 is 0 Å². The number of carbonyl (C=O) groups excluding carboxylic acids is 1. The van der Waals surface area contributed by atoms with E-state index in [2.05, 4.69) is 31.0 Å². The first kappa shape index (κ1) is 18.8. The first-order chi connectivity index (χ1) is 13.1. The lowest BCUT2D eigenvalue weighted by atomic mass is 10.3. The van der Waals surface area contributed by atoms with Gasteiger partial charge in [-0.2, -0.15) is 5.10 Å². The summed E-state index contributed by atoms with van der Waals surface area (Å²) >= 11 is 1.60. The maximum atomic E-state index is 12.4. The van der Waals surface area contributed by atoms with Crippen LogP contribution in [-0.2, 0) is 7.05 Å². The summed E-state index contributed by atoms with van der Waals surface area (Å²) in [7, 11) is 1.77. The molecule has 3 aromatic rings. The SMILES string of the molecule is CCNc1cc(NCCNC(=O)c2cc(-c3cccs3)nn2C)nc(C)n1. The first-order valence-corrected chi connectivity index (χ1v) is 9.64. The van der Waals surface area contributed by atoms with Crippen molar-refractivity contribution >= 4 is 28.9 Å². The van der Waals surface area contributed by atoms with Crippen molar-refractivity contribution in [3.8, 4) is 10.6 Å². The van der Waals surface area contributed by atoms with Gasteiger partial charge in [0.1, 0.15) is 28.8 Å². The Morgan fingerprint density at radius 3 is 2.67 bits per heavy atom. The second kappa shape index (κ2) is 8.63. The smallest absolute Gasteiger partial charge is 0.269 e. The number of thiophene rings is 1. The summed E-state index contributed by atoms with van der Waals surface area (Å²) < 4.78 is 1.61. The van der Waals surface area contributed by atoms with Crippen LogP contribution >= 0.6 is 11.3 Å². The van der Waals surface area contributed by atoms with Gasteiger partial charge in [0.2, 0.25) is 0 Å². The summed E-state index contributed by atoms with van der Waals surface area (Å²) in [5.41, 5.74) is 1.34. The molecule has 0 unspecified atom stereocenters. The Bertz CT molecular complexity index is 905. The largest absolute Gasteiger partial charge is 0.370 e. The molecule has 0 aromatic carbocycles. The summed E-state index contributed by atoms with van der Waals surface area (Å²) in [5, 5.41) is 15.7. The van der Waals surface area contributed by atoms with E-state index in [1.165, 1.54) is 0 Å². The van der Waals surface area contributed by atoms with Gasteiger partial charge < -0.3 is 16.0 Å². The Morgan fingerprint density at radius 1 is 1.19 bits per heavy atom. The fraction of sp³-hybridized carbons (Fsp3) is 0.333. The van der Waals surface area contributed by atoms with Crippen LogP contribution in [0, 0.1) is 6.92 Å². The molecule has 9 heteroatoms. The summed E-state index contributed by atoms with van der Waals surface area (Å²) in [6.45, 7) is 5.69. The van der Waals surface area contributed by atoms with Gasteiger partial charge in [-0.1, -0.05) is 6.07 Å². The van der Waals surface area contributed by atoms with E-state index in [0.717, 1.165) is 28.8 Å². The van der Waals surface area contributed by atoms with Crippen LogP contribution in [0.1, 0.15) is 23.2 Å². The lowest BCUT2D eigenvalue weighted by Gasteiger charge is -2.10. The molecule has 142 valence electrons. The highest BCUT2D eigenvalue weighted by molar-refractivity contribution is 7.13. The van der Waals surface area contributed by atoms with Crippen molar-refractivity contribution in [2.45, 2.75) is 13.8 Å². The second-order valence-electron chi connectivity index (χ2n) is 5.91. The molecule has 3 heterocycles. The van der Waals surface area contributed by atoms with Crippen LogP contribution in [-0.4, -0.2) is 45.3 Å². The van der Waals surface area contributed by atoms with E-state index in [-0.39, 0.29) is 5.91 Å². The molecule has 8 nitrogen and oxygen atoms in total. The van der Waals surface area contributed by atoms with Gasteiger partial charge in [0.05, 0.1) is 4.88 Å². The highest BCUT2D eigenvalue weighted by Crippen LogP contribution is 2.23. The average molecular weight is 385 g/mol. The minimum absolute atomic E-state index is 0.151. The third-order valence-corrected chi connectivity index (χ3v) is 4.69. The molecular weight excluding hydrogens is 362 g/mol. The van der Waals surface area contributed by atoms with E-state index in [0.29, 0.717) is 24.6 Å². The first-order valence-electron chi connectivity index (χ1n) is 8.76. The van der Waals surface area contributed by atoms with E-state index in [1.54, 1.807) is 23.1 Å². The van der Waals surface area contributed by atoms with Gasteiger partial charge in [0.25, 0.3) is 5.91 Å². The number of aromatic nitrogens is 4. The normalized spacial score (nSPS) is 10.6. The van der Waals surface area contributed by atoms with Gasteiger partial charge in [0, 0.05) is 32.7 Å². The van der Waals surface area contributed by atoms with Crippen LogP contribution in [0.3, 0.4) is 0 Å². The molecule has 0 aliphatic rings. The van der Waals surface area contributed by atoms with Crippen LogP contribution in [0.4, 0.5) is 11.6 Å². The van der Waals surface area contributed by atoms with Crippen LogP contribution in [0.5, 0.6) is 0 Å². The zero-order valence-electron chi connectivity index (χ0n) is 15.6. The van der Waals surface area contributed by atoms with Crippen molar-refractivity contribution < 1.29 is 4.79 Å². The number of nitrogens with zero attached hydrogens (tertiary/aromatic N) is 4. The third kappa shape index (κ3) is 4.82. The Kier molecular flexibility index (Phi) is 6.02. The minimum Gasteiger partial charge on any atom is -0.370 e. The number of rotatable bonds is 8. The molecule has 1 amide bonds. The number of carbonyl (C=O) groups is 1. The van der Waals surface area contributed by atoms with E-state index >= 15 is 0 Å². The molecule has 0 radical (unpaired) electrons. The number of amides is 1. The molecule has 0 aliphatic heterocycles. The Hall–Kier alpha value is -2.94. The molecule has 0 saturated heterocycles. The minimum atomic E-state index is -0.151. The van der Waals surface area contributed by atoms with Crippen LogP contribution in [0.25, 0.3) is 10.6 Å². The highest BCUT2D eigenvalue weighted by atomic mass is 32.1. The highest BCUT2D eigenvalue weighted by Gasteiger charge is 2.14. The van der Waals surface area contributed by atoms with Crippen molar-refractivity contribution in [2.75, 3.05) is 30.3 Å². The van der Waals surface area contributed by atoms with Crippen molar-refractivity contribution in [1.82, 2.24) is 25.1 Å². The number of nitrogens with one attached hydrogen (secondary N) is 3. The van der Waals surface area contributed by atoms with Crippen molar-refractivity contribution in [3.05, 3.63) is 41.2 Å². The zero-order chi connectivity index (χ0) is 19.2. The van der Waals surface area contributed by atoms with E-state index in [4.69, 9.17) is 0 Å². The maximum Gasteiger partial charge on any atom is 0.269 e. The quantitative estimate of drug-likeness (QED) is 0.516. The van der Waals surface area contributed by atoms with Crippen LogP contribution < -0.4 is 16.0 Å². The zero-order valence-corrected chi connectivity index (χ0v) is 16.4. The average Bonchev–Trinajstić information content (AvgIpc) is 3.28. The monoisotopic (exact) mass is 385 g/mol. The van der Waals surface area contributed by atoms with E-state index < -0.39 is 0 Å². The predicted molar refractivity (Wildman–Crippen MR) is 108 cm³/mol. The fourth-order valence-electron chi connectivity index (χ4n) is 2.61. The van der Waals surface area contributed by atoms with Crippen LogP contribution in [0.2, 0.25) is 0 Å². The Balaban J connectivity index is 1.53. The number of anilines is 2. The van der Waals surface area contributed by atoms with Gasteiger partial charge in [-0.15, -0.1) is 11.3 Å². The lowest BCUT2D eigenvalue weighted by molar-refractivity contribution is 0.0946. The second-order valence-corrected chi connectivity index (χ2v) is 6.86. The summed E-state index contributed by atoms with van der Waals surface area (Å²) in [6, 6.07) is 7.62. The molecule has 0 fully saturated rings. The molecule has 3 aromatic heterocycles. The van der Waals surface area contributed by atoms with Crippen molar-refractivity contribution in [3.63, 3.8) is 0 Å². The van der Waals surface area contributed by atoms with Gasteiger partial charge in [-0.05, 0) is 31.4 Å². The number of hydrogen-bond donors (Lipinski definition) is 3. The fourth-order valence-corrected chi connectivity index (χ4v) is 3.29. The lowest BCUT2D eigenvalue weighted by Crippen LogP contribution is -2.30. The molecule has 3 rings (SSSR count). The summed E-state index contributed by atoms with van der Waals surface area (Å²) in [6.07, 6.45) is 0. The third-order valence-electron chi connectivity index (χ3n) is 3.80. The number of aryl methyl sites for hydroxylation is 2. The molecular formula is C18H23N7OS. The standard InChI is InChI=1S/C18H23N7OS/c1-4-19-16-11-17(23-12(2)22-16)20-7-8-21-18(26)14-10-13(24-25(14)3)15-6-5-9-27-15/h5-6,9-11H,4,7-8H2,1-3H3,(H,21,26)(H2,19,20,22,23). The predicted octanol–water partition coefficient (Wildman–Crippen LogP) is 2.52. The van der Waals surface area contributed by atoms with Gasteiger partial charge in [-0.3, -0.25) is 9.48 Å². The van der Waals surface area contributed by atoms with Crippen LogP contribution in [0.15, 0.2) is 29.6 Å². The molecule has 0 atom stereocenters.